The zero-order chi connectivity index (χ0) is 15.1. The van der Waals surface area contributed by atoms with E-state index >= 15 is 0 Å². The highest BCUT2D eigenvalue weighted by atomic mass is 16.2. The topological polar surface area (TPSA) is 46.3 Å². The van der Waals surface area contributed by atoms with Crippen molar-refractivity contribution in [3.63, 3.8) is 0 Å². The highest BCUT2D eigenvalue weighted by molar-refractivity contribution is 5.77. The molecule has 0 aromatic heterocycles. The minimum absolute atomic E-state index is 0.232. The van der Waals surface area contributed by atoms with Crippen LogP contribution in [0, 0.1) is 11.8 Å². The molecule has 2 atom stereocenters. The van der Waals surface area contributed by atoms with E-state index in [0.717, 1.165) is 32.2 Å². The quantitative estimate of drug-likeness (QED) is 0.776. The summed E-state index contributed by atoms with van der Waals surface area (Å²) in [6, 6.07) is 0.625. The van der Waals surface area contributed by atoms with Crippen molar-refractivity contribution in [2.45, 2.75) is 84.7 Å². The Kier molecular flexibility index (Phi) is 7.57. The van der Waals surface area contributed by atoms with Gasteiger partial charge < -0.3 is 10.6 Å². The molecule has 1 aliphatic rings. The number of nitrogens with zero attached hydrogens (tertiary/aromatic N) is 1. The smallest absolute Gasteiger partial charge is 0.223 e. The predicted molar refractivity (Wildman–Crippen MR) is 85.5 cm³/mol. The SMILES string of the molecule is CCC(CC)N(CC(C)C)C(=O)CC1CCCCC1N. The summed E-state index contributed by atoms with van der Waals surface area (Å²) >= 11 is 0. The zero-order valence-electron chi connectivity index (χ0n) is 13.9. The van der Waals surface area contributed by atoms with E-state index in [4.69, 9.17) is 5.73 Å². The third-order valence-electron chi connectivity index (χ3n) is 4.67. The van der Waals surface area contributed by atoms with Crippen LogP contribution in [0.3, 0.4) is 0 Å². The average molecular weight is 282 g/mol. The van der Waals surface area contributed by atoms with Crippen molar-refractivity contribution in [3.8, 4) is 0 Å². The molecule has 3 nitrogen and oxygen atoms in total. The Balaban J connectivity index is 2.66. The summed E-state index contributed by atoms with van der Waals surface area (Å²) in [5.41, 5.74) is 6.20. The van der Waals surface area contributed by atoms with Gasteiger partial charge >= 0.3 is 0 Å². The Morgan fingerprint density at radius 1 is 1.20 bits per heavy atom. The average Bonchev–Trinajstić information content (AvgIpc) is 2.41. The van der Waals surface area contributed by atoms with Gasteiger partial charge in [0, 0.05) is 25.0 Å². The molecule has 118 valence electrons. The Bertz CT molecular complexity index is 287. The molecule has 1 fully saturated rings. The fraction of sp³-hybridized carbons (Fsp3) is 0.941. The minimum atomic E-state index is 0.232. The highest BCUT2D eigenvalue weighted by Gasteiger charge is 2.28. The Labute approximate surface area is 125 Å². The van der Waals surface area contributed by atoms with Gasteiger partial charge in [-0.1, -0.05) is 40.5 Å². The van der Waals surface area contributed by atoms with Gasteiger partial charge in [-0.05, 0) is 37.5 Å². The Hall–Kier alpha value is -0.570. The van der Waals surface area contributed by atoms with Gasteiger partial charge in [-0.3, -0.25) is 4.79 Å². The zero-order valence-corrected chi connectivity index (χ0v) is 13.9. The molecule has 0 aromatic rings. The molecule has 0 heterocycles. The molecule has 2 unspecified atom stereocenters. The Morgan fingerprint density at radius 3 is 2.30 bits per heavy atom. The lowest BCUT2D eigenvalue weighted by Crippen LogP contribution is -2.44. The molecule has 1 rings (SSSR count). The first-order chi connectivity index (χ1) is 9.49. The maximum absolute atomic E-state index is 12.7. The van der Waals surface area contributed by atoms with E-state index in [-0.39, 0.29) is 6.04 Å². The third kappa shape index (κ3) is 5.08. The van der Waals surface area contributed by atoms with Crippen LogP contribution in [-0.4, -0.2) is 29.4 Å². The van der Waals surface area contributed by atoms with Gasteiger partial charge in [0.25, 0.3) is 0 Å². The summed E-state index contributed by atoms with van der Waals surface area (Å²) in [6.07, 6.45) is 7.44. The summed E-state index contributed by atoms with van der Waals surface area (Å²) in [7, 11) is 0. The van der Waals surface area contributed by atoms with E-state index in [1.165, 1.54) is 12.8 Å². The second-order valence-electron chi connectivity index (χ2n) is 6.82. The summed E-state index contributed by atoms with van der Waals surface area (Å²) < 4.78 is 0. The van der Waals surface area contributed by atoms with Crippen LogP contribution < -0.4 is 5.73 Å². The number of carbonyl (C=O) groups is 1. The lowest BCUT2D eigenvalue weighted by Gasteiger charge is -2.35. The molecule has 1 aliphatic carbocycles. The monoisotopic (exact) mass is 282 g/mol. The van der Waals surface area contributed by atoms with Crippen molar-refractivity contribution in [2.24, 2.45) is 17.6 Å². The van der Waals surface area contributed by atoms with Crippen molar-refractivity contribution < 1.29 is 4.79 Å². The third-order valence-corrected chi connectivity index (χ3v) is 4.67. The normalized spacial score (nSPS) is 23.4. The molecule has 2 N–H and O–H groups in total. The summed E-state index contributed by atoms with van der Waals surface area (Å²) in [5, 5.41) is 0. The lowest BCUT2D eigenvalue weighted by atomic mass is 9.82. The maximum atomic E-state index is 12.7. The van der Waals surface area contributed by atoms with Gasteiger partial charge in [-0.15, -0.1) is 0 Å². The van der Waals surface area contributed by atoms with E-state index in [0.29, 0.717) is 30.2 Å². The van der Waals surface area contributed by atoms with Gasteiger partial charge in [0.2, 0.25) is 5.91 Å². The Morgan fingerprint density at radius 2 is 1.80 bits per heavy atom. The van der Waals surface area contributed by atoms with Crippen molar-refractivity contribution in [3.05, 3.63) is 0 Å². The van der Waals surface area contributed by atoms with E-state index in [9.17, 15) is 4.79 Å². The molecule has 0 spiro atoms. The molecular formula is C17H34N2O. The second kappa shape index (κ2) is 8.66. The van der Waals surface area contributed by atoms with E-state index < -0.39 is 0 Å². The molecule has 0 saturated heterocycles. The summed E-state index contributed by atoms with van der Waals surface area (Å²) in [6.45, 7) is 9.62. The van der Waals surface area contributed by atoms with Crippen molar-refractivity contribution in [1.29, 1.82) is 0 Å². The largest absolute Gasteiger partial charge is 0.339 e. The first-order valence-corrected chi connectivity index (χ1v) is 8.54. The molecule has 3 heteroatoms. The molecule has 1 saturated carbocycles. The maximum Gasteiger partial charge on any atom is 0.223 e. The van der Waals surface area contributed by atoms with Gasteiger partial charge in [-0.2, -0.15) is 0 Å². The highest BCUT2D eigenvalue weighted by Crippen LogP contribution is 2.27. The van der Waals surface area contributed by atoms with Crippen molar-refractivity contribution in [1.82, 2.24) is 4.90 Å². The second-order valence-corrected chi connectivity index (χ2v) is 6.82. The first kappa shape index (κ1) is 17.5. The predicted octanol–water partition coefficient (Wildman–Crippen LogP) is 3.57. The summed E-state index contributed by atoms with van der Waals surface area (Å²) in [4.78, 5) is 14.9. The van der Waals surface area contributed by atoms with Crippen LogP contribution in [0.4, 0.5) is 0 Å². The molecule has 0 aliphatic heterocycles. The molecule has 0 aromatic carbocycles. The first-order valence-electron chi connectivity index (χ1n) is 8.54. The lowest BCUT2D eigenvalue weighted by molar-refractivity contribution is -0.135. The van der Waals surface area contributed by atoms with Crippen LogP contribution in [-0.2, 0) is 4.79 Å². The number of hydrogen-bond donors (Lipinski definition) is 1. The van der Waals surface area contributed by atoms with Gasteiger partial charge in [0.1, 0.15) is 0 Å². The minimum Gasteiger partial charge on any atom is -0.339 e. The molecule has 1 amide bonds. The standard InChI is InChI=1S/C17H34N2O/c1-5-15(6-2)19(12-13(3)4)17(20)11-14-9-7-8-10-16(14)18/h13-16H,5-12,18H2,1-4H3. The van der Waals surface area contributed by atoms with Crippen LogP contribution in [0.5, 0.6) is 0 Å². The number of rotatable bonds is 7. The van der Waals surface area contributed by atoms with Crippen LogP contribution in [0.2, 0.25) is 0 Å². The van der Waals surface area contributed by atoms with Crippen LogP contribution in [0.15, 0.2) is 0 Å². The van der Waals surface area contributed by atoms with Crippen LogP contribution in [0.25, 0.3) is 0 Å². The molecule has 0 bridgehead atoms. The molecule has 0 radical (unpaired) electrons. The summed E-state index contributed by atoms with van der Waals surface area (Å²) in [5.74, 6) is 1.26. The molecule has 20 heavy (non-hydrogen) atoms. The van der Waals surface area contributed by atoms with Gasteiger partial charge in [-0.25, -0.2) is 0 Å². The van der Waals surface area contributed by atoms with Gasteiger partial charge in [0.05, 0.1) is 0 Å². The van der Waals surface area contributed by atoms with Crippen molar-refractivity contribution in [2.75, 3.05) is 6.54 Å². The number of hydrogen-bond acceptors (Lipinski definition) is 2. The fourth-order valence-electron chi connectivity index (χ4n) is 3.41. The van der Waals surface area contributed by atoms with E-state index in [2.05, 4.69) is 32.6 Å². The number of amides is 1. The number of nitrogens with two attached hydrogens (primary N) is 1. The van der Waals surface area contributed by atoms with Crippen LogP contribution >= 0.6 is 0 Å². The van der Waals surface area contributed by atoms with Crippen LogP contribution in [0.1, 0.15) is 72.6 Å². The van der Waals surface area contributed by atoms with Gasteiger partial charge in [0.15, 0.2) is 0 Å². The fourth-order valence-corrected chi connectivity index (χ4v) is 3.41. The van der Waals surface area contributed by atoms with Crippen molar-refractivity contribution >= 4 is 5.91 Å². The van der Waals surface area contributed by atoms with E-state index in [1.807, 2.05) is 0 Å². The number of carbonyl (C=O) groups excluding carboxylic acids is 1. The molecular weight excluding hydrogens is 248 g/mol. The van der Waals surface area contributed by atoms with E-state index in [1.54, 1.807) is 0 Å².